The Balaban J connectivity index is 1.68. The minimum Gasteiger partial charge on any atom is -0.323 e. The predicted molar refractivity (Wildman–Crippen MR) is 124 cm³/mol. The van der Waals surface area contributed by atoms with Gasteiger partial charge in [0.25, 0.3) is 15.7 Å². The van der Waals surface area contributed by atoms with E-state index >= 15 is 0 Å². The zero-order valence-electron chi connectivity index (χ0n) is 17.4. The Morgan fingerprint density at radius 2 is 1.59 bits per heavy atom. The molecule has 164 valence electrons. The summed E-state index contributed by atoms with van der Waals surface area (Å²) in [5.74, 6) is -0.458. The molecule has 0 fully saturated rings. The van der Waals surface area contributed by atoms with Gasteiger partial charge in [0, 0.05) is 23.9 Å². The molecule has 0 saturated heterocycles. The molecule has 2 N–H and O–H groups in total. The largest absolute Gasteiger partial charge is 0.323 e. The third-order valence-corrected chi connectivity index (χ3v) is 6.02. The lowest BCUT2D eigenvalue weighted by atomic mass is 10.1. The lowest BCUT2D eigenvalue weighted by Crippen LogP contribution is -2.15. The van der Waals surface area contributed by atoms with Crippen LogP contribution in [-0.2, 0) is 14.8 Å². The number of nitrogens with one attached hydrogen (secondary N) is 2. The average molecular weight is 452 g/mol. The molecule has 0 aliphatic carbocycles. The van der Waals surface area contributed by atoms with Gasteiger partial charge < -0.3 is 5.32 Å². The summed E-state index contributed by atoms with van der Waals surface area (Å²) >= 11 is 0. The molecule has 0 aromatic heterocycles. The van der Waals surface area contributed by atoms with Crippen molar-refractivity contribution in [3.8, 4) is 0 Å². The number of carbonyl (C=O) groups is 1. The molecule has 0 spiro atoms. The number of rotatable bonds is 7. The van der Waals surface area contributed by atoms with Gasteiger partial charge in [-0.25, -0.2) is 8.42 Å². The zero-order chi connectivity index (χ0) is 23.3. The second kappa shape index (κ2) is 9.44. The minimum atomic E-state index is -3.79. The highest BCUT2D eigenvalue weighted by molar-refractivity contribution is 7.92. The van der Waals surface area contributed by atoms with E-state index in [1.54, 1.807) is 6.07 Å². The van der Waals surface area contributed by atoms with Crippen LogP contribution in [0.4, 0.5) is 17.1 Å². The van der Waals surface area contributed by atoms with Crippen LogP contribution in [0.15, 0.2) is 77.7 Å². The minimum absolute atomic E-state index is 0.0605. The van der Waals surface area contributed by atoms with Gasteiger partial charge in [-0.3, -0.25) is 19.6 Å². The van der Waals surface area contributed by atoms with Gasteiger partial charge in [-0.05, 0) is 60.9 Å². The number of nitro benzene ring substituents is 1. The Labute approximate surface area is 185 Å². The molecule has 8 nitrogen and oxygen atoms in total. The summed E-state index contributed by atoms with van der Waals surface area (Å²) < 4.78 is 28.0. The van der Waals surface area contributed by atoms with E-state index in [4.69, 9.17) is 0 Å². The molecule has 0 heterocycles. The molecule has 3 rings (SSSR count). The molecule has 0 unspecified atom stereocenters. The molecular formula is C23H21N3O5S. The van der Waals surface area contributed by atoms with E-state index < -0.39 is 20.9 Å². The maximum absolute atomic E-state index is 12.7. The monoisotopic (exact) mass is 451 g/mol. The molecule has 0 bridgehead atoms. The number of nitrogens with zero attached hydrogens (tertiary/aromatic N) is 1. The molecule has 3 aromatic carbocycles. The molecule has 0 radical (unpaired) electrons. The molecule has 32 heavy (non-hydrogen) atoms. The van der Waals surface area contributed by atoms with Crippen molar-refractivity contribution in [2.45, 2.75) is 18.7 Å². The summed E-state index contributed by atoms with van der Waals surface area (Å²) in [5, 5.41) is 13.4. The van der Waals surface area contributed by atoms with Crippen molar-refractivity contribution in [3.05, 3.63) is 99.6 Å². The van der Waals surface area contributed by atoms with Crippen LogP contribution in [0, 0.1) is 24.0 Å². The van der Waals surface area contributed by atoms with E-state index in [0.29, 0.717) is 16.9 Å². The third-order valence-electron chi connectivity index (χ3n) is 4.66. The number of carbonyl (C=O) groups excluding carboxylic acids is 1. The van der Waals surface area contributed by atoms with Crippen LogP contribution in [-0.4, -0.2) is 19.2 Å². The van der Waals surface area contributed by atoms with Gasteiger partial charge >= 0.3 is 0 Å². The first-order valence-electron chi connectivity index (χ1n) is 9.58. The van der Waals surface area contributed by atoms with E-state index in [9.17, 15) is 23.3 Å². The number of hydrogen-bond donors (Lipinski definition) is 2. The highest BCUT2D eigenvalue weighted by Gasteiger charge is 2.16. The Morgan fingerprint density at radius 3 is 2.22 bits per heavy atom. The average Bonchev–Trinajstić information content (AvgIpc) is 2.75. The van der Waals surface area contributed by atoms with Crippen molar-refractivity contribution in [1.82, 2.24) is 0 Å². The first-order chi connectivity index (χ1) is 15.2. The summed E-state index contributed by atoms with van der Waals surface area (Å²) in [7, 11) is -3.79. The van der Waals surface area contributed by atoms with Crippen molar-refractivity contribution < 1.29 is 18.1 Å². The maximum atomic E-state index is 12.7. The van der Waals surface area contributed by atoms with Crippen LogP contribution in [0.25, 0.3) is 6.08 Å². The van der Waals surface area contributed by atoms with Crippen LogP contribution in [0.2, 0.25) is 0 Å². The SMILES string of the molecule is Cc1cccc(C)c1NS(=O)(=O)c1ccc(NC(=O)/C=C/c2cccc([N+](=O)[O-])c2)cc1. The molecule has 9 heteroatoms. The fraction of sp³-hybridized carbons (Fsp3) is 0.0870. The first-order valence-corrected chi connectivity index (χ1v) is 11.1. The normalized spacial score (nSPS) is 11.3. The lowest BCUT2D eigenvalue weighted by Gasteiger charge is -2.13. The van der Waals surface area contributed by atoms with Crippen LogP contribution in [0.3, 0.4) is 0 Å². The van der Waals surface area contributed by atoms with Crippen LogP contribution < -0.4 is 10.0 Å². The quantitative estimate of drug-likeness (QED) is 0.308. The Kier molecular flexibility index (Phi) is 6.70. The summed E-state index contributed by atoms with van der Waals surface area (Å²) in [4.78, 5) is 22.5. The number of benzene rings is 3. The van der Waals surface area contributed by atoms with Gasteiger partial charge in [0.2, 0.25) is 5.91 Å². The summed E-state index contributed by atoms with van der Waals surface area (Å²) in [6.07, 6.45) is 2.70. The predicted octanol–water partition coefficient (Wildman–Crippen LogP) is 4.66. The van der Waals surface area contributed by atoms with Crippen LogP contribution >= 0.6 is 0 Å². The molecular weight excluding hydrogens is 430 g/mol. The van der Waals surface area contributed by atoms with Gasteiger partial charge in [-0.1, -0.05) is 30.3 Å². The molecule has 3 aromatic rings. The number of para-hydroxylation sites is 1. The zero-order valence-corrected chi connectivity index (χ0v) is 18.2. The number of sulfonamides is 1. The summed E-state index contributed by atoms with van der Waals surface area (Å²) in [6.45, 7) is 3.65. The molecule has 0 atom stereocenters. The Hall–Kier alpha value is -3.98. The van der Waals surface area contributed by atoms with E-state index in [1.807, 2.05) is 32.0 Å². The fourth-order valence-corrected chi connectivity index (χ4v) is 4.19. The van der Waals surface area contributed by atoms with E-state index in [-0.39, 0.29) is 10.6 Å². The number of amides is 1. The van der Waals surface area contributed by atoms with Gasteiger partial charge in [-0.15, -0.1) is 0 Å². The summed E-state index contributed by atoms with van der Waals surface area (Å²) in [6, 6.07) is 17.2. The highest BCUT2D eigenvalue weighted by atomic mass is 32.2. The van der Waals surface area contributed by atoms with Crippen molar-refractivity contribution in [2.75, 3.05) is 10.0 Å². The maximum Gasteiger partial charge on any atom is 0.270 e. The number of nitro groups is 1. The van der Waals surface area contributed by atoms with Gasteiger partial charge in [0.15, 0.2) is 0 Å². The van der Waals surface area contributed by atoms with Gasteiger partial charge in [-0.2, -0.15) is 0 Å². The second-order valence-corrected chi connectivity index (χ2v) is 8.75. The third kappa shape index (κ3) is 5.58. The number of aryl methyl sites for hydroxylation is 2. The van der Waals surface area contributed by atoms with Gasteiger partial charge in [0.05, 0.1) is 15.5 Å². The number of anilines is 2. The standard InChI is InChI=1S/C23H21N3O5S/c1-16-5-3-6-17(2)23(16)25-32(30,31)21-12-10-19(11-13-21)24-22(27)14-9-18-7-4-8-20(15-18)26(28)29/h3-15,25H,1-2H3,(H,24,27)/b14-9+. The smallest absolute Gasteiger partial charge is 0.270 e. The molecule has 1 amide bonds. The molecule has 0 aliphatic heterocycles. The van der Waals surface area contributed by atoms with Crippen LogP contribution in [0.1, 0.15) is 16.7 Å². The number of non-ortho nitro benzene ring substituents is 1. The van der Waals surface area contributed by atoms with Crippen molar-refractivity contribution in [3.63, 3.8) is 0 Å². The molecule has 0 saturated carbocycles. The van der Waals surface area contributed by atoms with Crippen LogP contribution in [0.5, 0.6) is 0 Å². The summed E-state index contributed by atoms with van der Waals surface area (Å²) in [5.41, 5.74) is 3.01. The fourth-order valence-electron chi connectivity index (χ4n) is 2.98. The Morgan fingerprint density at radius 1 is 0.969 bits per heavy atom. The van der Waals surface area contributed by atoms with E-state index in [0.717, 1.165) is 11.1 Å². The molecule has 0 aliphatic rings. The lowest BCUT2D eigenvalue weighted by molar-refractivity contribution is -0.384. The number of hydrogen-bond acceptors (Lipinski definition) is 5. The highest BCUT2D eigenvalue weighted by Crippen LogP contribution is 2.24. The topological polar surface area (TPSA) is 118 Å². The van der Waals surface area contributed by atoms with Crippen molar-refractivity contribution in [1.29, 1.82) is 0 Å². The van der Waals surface area contributed by atoms with E-state index in [2.05, 4.69) is 10.0 Å². The first kappa shape index (κ1) is 22.7. The van der Waals surface area contributed by atoms with Crippen molar-refractivity contribution >= 4 is 39.1 Å². The van der Waals surface area contributed by atoms with E-state index in [1.165, 1.54) is 54.6 Å². The Bertz CT molecular complexity index is 1280. The van der Waals surface area contributed by atoms with Gasteiger partial charge in [0.1, 0.15) is 0 Å². The van der Waals surface area contributed by atoms with Crippen molar-refractivity contribution in [2.24, 2.45) is 0 Å². The second-order valence-electron chi connectivity index (χ2n) is 7.07.